The standard InChI is InChI=1S/C10H12N6O2/c11-5-8(6-12-10-13-7-14-15-10)9(17)16-1-3-18-4-2-16/h6-7H,1-4H2,(H2,12,13,14,15)/b8-6-. The Bertz CT molecular complexity index is 469. The summed E-state index contributed by atoms with van der Waals surface area (Å²) in [6.45, 7) is 2.00. The summed E-state index contributed by atoms with van der Waals surface area (Å²) >= 11 is 0. The number of nitrogens with zero attached hydrogens (tertiary/aromatic N) is 4. The highest BCUT2D eigenvalue weighted by atomic mass is 16.5. The zero-order chi connectivity index (χ0) is 12.8. The summed E-state index contributed by atoms with van der Waals surface area (Å²) in [5.41, 5.74) is 0.0216. The lowest BCUT2D eigenvalue weighted by Crippen LogP contribution is -2.41. The van der Waals surface area contributed by atoms with Crippen LogP contribution in [0.1, 0.15) is 0 Å². The summed E-state index contributed by atoms with van der Waals surface area (Å²) in [6.07, 6.45) is 2.64. The van der Waals surface area contributed by atoms with E-state index in [0.717, 1.165) is 0 Å². The van der Waals surface area contributed by atoms with Gasteiger partial charge in [0.05, 0.1) is 13.2 Å². The van der Waals surface area contributed by atoms with Gasteiger partial charge in [-0.05, 0) is 0 Å². The third kappa shape index (κ3) is 2.83. The molecule has 2 rings (SSSR count). The Hall–Kier alpha value is -2.40. The second-order valence-corrected chi connectivity index (χ2v) is 3.55. The van der Waals surface area contributed by atoms with Gasteiger partial charge in [0.1, 0.15) is 18.0 Å². The van der Waals surface area contributed by atoms with Crippen LogP contribution in [-0.2, 0) is 9.53 Å². The Balaban J connectivity index is 2.01. The maximum Gasteiger partial charge on any atom is 0.266 e. The number of carbonyl (C=O) groups is 1. The monoisotopic (exact) mass is 248 g/mol. The molecule has 0 atom stereocenters. The van der Waals surface area contributed by atoms with Crippen LogP contribution in [-0.4, -0.2) is 52.3 Å². The first-order chi connectivity index (χ1) is 8.81. The normalized spacial score (nSPS) is 16.2. The molecule has 0 aromatic carbocycles. The summed E-state index contributed by atoms with van der Waals surface area (Å²) < 4.78 is 5.15. The third-order valence-electron chi connectivity index (χ3n) is 2.42. The van der Waals surface area contributed by atoms with Gasteiger partial charge in [-0.3, -0.25) is 4.79 Å². The number of hydrogen-bond acceptors (Lipinski definition) is 6. The number of hydrogen-bond donors (Lipinski definition) is 2. The largest absolute Gasteiger partial charge is 0.378 e. The predicted molar refractivity (Wildman–Crippen MR) is 61.1 cm³/mol. The fourth-order valence-corrected chi connectivity index (χ4v) is 1.49. The van der Waals surface area contributed by atoms with Crippen molar-refractivity contribution in [3.8, 4) is 6.07 Å². The Kier molecular flexibility index (Phi) is 3.88. The number of rotatable bonds is 3. The molecule has 18 heavy (non-hydrogen) atoms. The minimum absolute atomic E-state index is 0.0216. The van der Waals surface area contributed by atoms with Gasteiger partial charge in [0.25, 0.3) is 5.91 Å². The number of aromatic amines is 1. The summed E-state index contributed by atoms with van der Waals surface area (Å²) in [5, 5.41) is 17.9. The van der Waals surface area contributed by atoms with Crippen LogP contribution in [0.3, 0.4) is 0 Å². The first-order valence-electron chi connectivity index (χ1n) is 5.40. The molecule has 0 spiro atoms. The van der Waals surface area contributed by atoms with Crippen molar-refractivity contribution >= 4 is 11.9 Å². The zero-order valence-electron chi connectivity index (χ0n) is 9.59. The molecule has 8 nitrogen and oxygen atoms in total. The summed E-state index contributed by atoms with van der Waals surface area (Å²) in [7, 11) is 0. The number of anilines is 1. The molecule has 1 aliphatic rings. The van der Waals surface area contributed by atoms with Crippen LogP contribution in [0.4, 0.5) is 5.95 Å². The van der Waals surface area contributed by atoms with Gasteiger partial charge in [0, 0.05) is 19.3 Å². The Morgan fingerprint density at radius 3 is 3.00 bits per heavy atom. The van der Waals surface area contributed by atoms with Crippen molar-refractivity contribution in [3.05, 3.63) is 18.1 Å². The molecule has 0 unspecified atom stereocenters. The van der Waals surface area contributed by atoms with E-state index in [1.165, 1.54) is 12.5 Å². The molecule has 1 fully saturated rings. The average molecular weight is 248 g/mol. The molecule has 1 aromatic rings. The number of nitriles is 1. The van der Waals surface area contributed by atoms with Gasteiger partial charge < -0.3 is 15.0 Å². The molecule has 1 saturated heterocycles. The van der Waals surface area contributed by atoms with Crippen LogP contribution in [0.2, 0.25) is 0 Å². The van der Waals surface area contributed by atoms with Gasteiger partial charge in [-0.2, -0.15) is 15.3 Å². The molecule has 0 saturated carbocycles. The summed E-state index contributed by atoms with van der Waals surface area (Å²) in [6, 6.07) is 1.87. The molecule has 1 aliphatic heterocycles. The minimum Gasteiger partial charge on any atom is -0.378 e. The van der Waals surface area contributed by atoms with Gasteiger partial charge >= 0.3 is 0 Å². The van der Waals surface area contributed by atoms with Gasteiger partial charge in [0.2, 0.25) is 5.95 Å². The fraction of sp³-hybridized carbons (Fsp3) is 0.400. The number of H-pyrrole nitrogens is 1. The fourth-order valence-electron chi connectivity index (χ4n) is 1.49. The van der Waals surface area contributed by atoms with Crippen molar-refractivity contribution in [2.24, 2.45) is 0 Å². The highest BCUT2D eigenvalue weighted by Gasteiger charge is 2.20. The number of amides is 1. The maximum atomic E-state index is 12.0. The number of morpholine rings is 1. The molecule has 94 valence electrons. The molecule has 1 amide bonds. The van der Waals surface area contributed by atoms with E-state index < -0.39 is 0 Å². The molecule has 8 heteroatoms. The zero-order valence-corrected chi connectivity index (χ0v) is 9.59. The highest BCUT2D eigenvalue weighted by Crippen LogP contribution is 2.05. The molecule has 2 heterocycles. The van der Waals surface area contributed by atoms with Crippen molar-refractivity contribution in [1.29, 1.82) is 5.26 Å². The SMILES string of the molecule is N#C/C(=C/Nc1ncn[nH]1)C(=O)N1CCOCC1. The Morgan fingerprint density at radius 2 is 2.39 bits per heavy atom. The molecule has 0 bridgehead atoms. The van der Waals surface area contributed by atoms with Crippen molar-refractivity contribution in [2.45, 2.75) is 0 Å². The molecule has 0 radical (unpaired) electrons. The maximum absolute atomic E-state index is 12.0. The van der Waals surface area contributed by atoms with E-state index in [-0.39, 0.29) is 11.5 Å². The van der Waals surface area contributed by atoms with Gasteiger partial charge in [-0.1, -0.05) is 0 Å². The van der Waals surface area contributed by atoms with Gasteiger partial charge in [-0.25, -0.2) is 5.10 Å². The molecule has 0 aliphatic carbocycles. The average Bonchev–Trinajstić information content (AvgIpc) is 2.93. The lowest BCUT2D eigenvalue weighted by Gasteiger charge is -2.26. The lowest BCUT2D eigenvalue weighted by atomic mass is 10.2. The van der Waals surface area contributed by atoms with Crippen molar-refractivity contribution in [2.75, 3.05) is 31.6 Å². The first kappa shape index (κ1) is 12.1. The Labute approximate surface area is 103 Å². The number of nitrogens with one attached hydrogen (secondary N) is 2. The van der Waals surface area contributed by atoms with Crippen molar-refractivity contribution < 1.29 is 9.53 Å². The van der Waals surface area contributed by atoms with E-state index in [1.54, 1.807) is 4.90 Å². The number of aromatic nitrogens is 3. The number of carbonyl (C=O) groups excluding carboxylic acids is 1. The van der Waals surface area contributed by atoms with Crippen LogP contribution in [0.15, 0.2) is 18.1 Å². The van der Waals surface area contributed by atoms with E-state index in [0.29, 0.717) is 32.3 Å². The molecular weight excluding hydrogens is 236 g/mol. The molecular formula is C10H12N6O2. The quantitative estimate of drug-likeness (QED) is 0.550. The van der Waals surface area contributed by atoms with E-state index in [4.69, 9.17) is 10.00 Å². The second-order valence-electron chi connectivity index (χ2n) is 3.55. The Morgan fingerprint density at radius 1 is 1.61 bits per heavy atom. The van der Waals surface area contributed by atoms with Crippen molar-refractivity contribution in [3.63, 3.8) is 0 Å². The molecule has 2 N–H and O–H groups in total. The van der Waals surface area contributed by atoms with Crippen LogP contribution in [0.25, 0.3) is 0 Å². The minimum atomic E-state index is -0.312. The highest BCUT2D eigenvalue weighted by molar-refractivity contribution is 5.97. The predicted octanol–water partition coefficient (Wildman–Crippen LogP) is -0.517. The number of ether oxygens (including phenoxy) is 1. The summed E-state index contributed by atoms with van der Waals surface area (Å²) in [5.74, 6) is 0.0605. The third-order valence-corrected chi connectivity index (χ3v) is 2.42. The lowest BCUT2D eigenvalue weighted by molar-refractivity contribution is -0.130. The second kappa shape index (κ2) is 5.79. The van der Waals surface area contributed by atoms with Crippen LogP contribution < -0.4 is 5.32 Å². The van der Waals surface area contributed by atoms with E-state index in [1.807, 2.05) is 6.07 Å². The van der Waals surface area contributed by atoms with Crippen LogP contribution >= 0.6 is 0 Å². The van der Waals surface area contributed by atoms with Crippen LogP contribution in [0.5, 0.6) is 0 Å². The van der Waals surface area contributed by atoms with Crippen LogP contribution in [0, 0.1) is 11.3 Å². The van der Waals surface area contributed by atoms with Gasteiger partial charge in [0.15, 0.2) is 0 Å². The van der Waals surface area contributed by atoms with E-state index >= 15 is 0 Å². The molecule has 1 aromatic heterocycles. The topological polar surface area (TPSA) is 107 Å². The van der Waals surface area contributed by atoms with E-state index in [2.05, 4.69) is 20.5 Å². The first-order valence-corrected chi connectivity index (χ1v) is 5.40. The summed E-state index contributed by atoms with van der Waals surface area (Å²) in [4.78, 5) is 17.4. The van der Waals surface area contributed by atoms with Gasteiger partial charge in [-0.15, -0.1) is 0 Å². The smallest absolute Gasteiger partial charge is 0.266 e. The van der Waals surface area contributed by atoms with E-state index in [9.17, 15) is 4.79 Å². The van der Waals surface area contributed by atoms with Crippen molar-refractivity contribution in [1.82, 2.24) is 20.1 Å².